The molecule has 2 aromatic rings. The first-order valence-electron chi connectivity index (χ1n) is 8.07. The topological polar surface area (TPSA) is 54.5 Å². The lowest BCUT2D eigenvalue weighted by atomic mass is 10.0. The number of hydrogen-bond donors (Lipinski definition) is 0. The van der Waals surface area contributed by atoms with E-state index in [2.05, 4.69) is 6.58 Å². The van der Waals surface area contributed by atoms with Crippen LogP contribution in [-0.2, 0) is 21.1 Å². The van der Waals surface area contributed by atoms with E-state index in [1.165, 1.54) is 0 Å². The molecule has 4 nitrogen and oxygen atoms in total. The summed E-state index contributed by atoms with van der Waals surface area (Å²) in [6, 6.07) is 13.7. The van der Waals surface area contributed by atoms with Crippen molar-refractivity contribution in [1.82, 2.24) is 4.90 Å². The summed E-state index contributed by atoms with van der Waals surface area (Å²) in [5.74, 6) is 0.169. The minimum atomic E-state index is -3.03. The molecule has 24 heavy (non-hydrogen) atoms. The maximum absolute atomic E-state index is 12.8. The van der Waals surface area contributed by atoms with Crippen molar-refractivity contribution in [1.29, 1.82) is 0 Å². The zero-order chi connectivity index (χ0) is 17.2. The Labute approximate surface area is 142 Å². The number of hydrogen-bond acceptors (Lipinski definition) is 3. The minimum absolute atomic E-state index is 0.0478. The Hall–Kier alpha value is -2.14. The summed E-state index contributed by atoms with van der Waals surface area (Å²) in [7, 11) is -3.03. The molecule has 0 N–H and O–H groups in total. The van der Waals surface area contributed by atoms with Gasteiger partial charge >= 0.3 is 0 Å². The van der Waals surface area contributed by atoms with Crippen molar-refractivity contribution in [3.8, 4) is 0 Å². The second-order valence-electron chi connectivity index (χ2n) is 6.21. The molecule has 126 valence electrons. The number of nitrogens with zero attached hydrogens (tertiary/aromatic N) is 1. The van der Waals surface area contributed by atoms with Crippen LogP contribution in [0.4, 0.5) is 0 Å². The van der Waals surface area contributed by atoms with E-state index < -0.39 is 9.84 Å². The molecule has 0 radical (unpaired) electrons. The molecule has 1 amide bonds. The van der Waals surface area contributed by atoms with Crippen LogP contribution in [0, 0.1) is 0 Å². The molecule has 1 saturated heterocycles. The second kappa shape index (κ2) is 6.77. The van der Waals surface area contributed by atoms with Gasteiger partial charge in [-0.05, 0) is 22.8 Å². The number of fused-ring (bicyclic) bond motifs is 1. The third-order valence-electron chi connectivity index (χ3n) is 4.52. The third-order valence-corrected chi connectivity index (χ3v) is 6.27. The molecule has 5 heteroatoms. The number of sulfone groups is 1. The summed E-state index contributed by atoms with van der Waals surface area (Å²) in [5, 5.41) is 2.16. The Balaban J connectivity index is 1.84. The van der Waals surface area contributed by atoms with Crippen molar-refractivity contribution in [3.63, 3.8) is 0 Å². The fourth-order valence-corrected chi connectivity index (χ4v) is 5.06. The van der Waals surface area contributed by atoms with Crippen LogP contribution in [0.1, 0.15) is 12.0 Å². The lowest BCUT2D eigenvalue weighted by Crippen LogP contribution is -2.42. The van der Waals surface area contributed by atoms with Crippen LogP contribution < -0.4 is 0 Å². The molecule has 1 heterocycles. The second-order valence-corrected chi connectivity index (χ2v) is 8.44. The Bertz CT molecular complexity index is 868. The van der Waals surface area contributed by atoms with E-state index in [-0.39, 0.29) is 29.9 Å². The molecular formula is C19H21NO3S. The van der Waals surface area contributed by atoms with Gasteiger partial charge < -0.3 is 4.90 Å². The van der Waals surface area contributed by atoms with E-state index in [1.54, 1.807) is 11.0 Å². The van der Waals surface area contributed by atoms with Crippen LogP contribution in [0.15, 0.2) is 55.1 Å². The summed E-state index contributed by atoms with van der Waals surface area (Å²) < 4.78 is 23.5. The van der Waals surface area contributed by atoms with E-state index in [4.69, 9.17) is 0 Å². The molecule has 1 aliphatic rings. The lowest BCUT2D eigenvalue weighted by molar-refractivity contribution is -0.131. The fraction of sp³-hybridized carbons (Fsp3) is 0.316. The van der Waals surface area contributed by atoms with Gasteiger partial charge in [0.2, 0.25) is 5.91 Å². The Morgan fingerprint density at radius 3 is 2.67 bits per heavy atom. The monoisotopic (exact) mass is 343 g/mol. The molecule has 2 aromatic carbocycles. The Morgan fingerprint density at radius 2 is 1.96 bits per heavy atom. The van der Waals surface area contributed by atoms with Crippen LogP contribution in [-0.4, -0.2) is 43.3 Å². The first-order valence-corrected chi connectivity index (χ1v) is 9.90. The summed E-state index contributed by atoms with van der Waals surface area (Å²) in [6.45, 7) is 4.08. The zero-order valence-electron chi connectivity index (χ0n) is 13.5. The lowest BCUT2D eigenvalue weighted by Gasteiger charge is -2.27. The van der Waals surface area contributed by atoms with Crippen molar-refractivity contribution >= 4 is 26.5 Å². The molecule has 0 bridgehead atoms. The van der Waals surface area contributed by atoms with Crippen molar-refractivity contribution in [2.24, 2.45) is 0 Å². The molecule has 1 atom stereocenters. The average Bonchev–Trinajstić information content (AvgIpc) is 2.92. The highest BCUT2D eigenvalue weighted by atomic mass is 32.2. The summed E-state index contributed by atoms with van der Waals surface area (Å²) in [6.07, 6.45) is 2.44. The number of carbonyl (C=O) groups is 1. The van der Waals surface area contributed by atoms with E-state index in [1.807, 2.05) is 42.5 Å². The minimum Gasteiger partial charge on any atom is -0.335 e. The van der Waals surface area contributed by atoms with Gasteiger partial charge in [-0.2, -0.15) is 0 Å². The number of rotatable bonds is 5. The summed E-state index contributed by atoms with van der Waals surface area (Å²) in [5.41, 5.74) is 0.966. The first-order chi connectivity index (χ1) is 11.5. The molecule has 0 saturated carbocycles. The van der Waals surface area contributed by atoms with Crippen LogP contribution in [0.3, 0.4) is 0 Å². The van der Waals surface area contributed by atoms with Gasteiger partial charge in [0, 0.05) is 12.6 Å². The molecule has 0 unspecified atom stereocenters. The first kappa shape index (κ1) is 16.7. The predicted molar refractivity (Wildman–Crippen MR) is 96.6 cm³/mol. The molecule has 0 spiro atoms. The van der Waals surface area contributed by atoms with E-state index in [9.17, 15) is 13.2 Å². The van der Waals surface area contributed by atoms with Gasteiger partial charge in [0.25, 0.3) is 0 Å². The molecule has 0 aliphatic carbocycles. The van der Waals surface area contributed by atoms with Crippen LogP contribution in [0.25, 0.3) is 10.8 Å². The highest BCUT2D eigenvalue weighted by molar-refractivity contribution is 7.91. The third kappa shape index (κ3) is 3.51. The predicted octanol–water partition coefficient (Wildman–Crippen LogP) is 2.58. The van der Waals surface area contributed by atoms with Crippen molar-refractivity contribution in [2.75, 3.05) is 18.1 Å². The zero-order valence-corrected chi connectivity index (χ0v) is 14.3. The van der Waals surface area contributed by atoms with E-state index >= 15 is 0 Å². The van der Waals surface area contributed by atoms with Crippen LogP contribution in [0.5, 0.6) is 0 Å². The van der Waals surface area contributed by atoms with Crippen LogP contribution in [0.2, 0.25) is 0 Å². The average molecular weight is 343 g/mol. The van der Waals surface area contributed by atoms with Gasteiger partial charge in [-0.1, -0.05) is 48.5 Å². The number of carbonyl (C=O) groups excluding carboxylic acids is 1. The summed E-state index contributed by atoms with van der Waals surface area (Å²) in [4.78, 5) is 14.5. The molecule has 3 rings (SSSR count). The van der Waals surface area contributed by atoms with Crippen molar-refractivity contribution < 1.29 is 13.2 Å². The van der Waals surface area contributed by atoms with Crippen molar-refractivity contribution in [3.05, 3.63) is 60.7 Å². The SMILES string of the molecule is C=CCN(C(=O)Cc1cccc2ccccc12)[C@@H]1CCS(=O)(=O)C1. The Morgan fingerprint density at radius 1 is 1.21 bits per heavy atom. The van der Waals surface area contributed by atoms with Crippen molar-refractivity contribution in [2.45, 2.75) is 18.9 Å². The highest BCUT2D eigenvalue weighted by Gasteiger charge is 2.34. The van der Waals surface area contributed by atoms with E-state index in [0.717, 1.165) is 16.3 Å². The molecule has 1 fully saturated rings. The van der Waals surface area contributed by atoms with Gasteiger partial charge in [0.1, 0.15) is 0 Å². The maximum Gasteiger partial charge on any atom is 0.227 e. The van der Waals surface area contributed by atoms with Gasteiger partial charge in [-0.15, -0.1) is 6.58 Å². The van der Waals surface area contributed by atoms with Gasteiger partial charge in [0.05, 0.1) is 17.9 Å². The Kier molecular flexibility index (Phi) is 4.71. The van der Waals surface area contributed by atoms with Gasteiger partial charge in [0.15, 0.2) is 9.84 Å². The molecular weight excluding hydrogens is 322 g/mol. The quantitative estimate of drug-likeness (QED) is 0.784. The summed E-state index contributed by atoms with van der Waals surface area (Å²) >= 11 is 0. The van der Waals surface area contributed by atoms with E-state index in [0.29, 0.717) is 13.0 Å². The number of benzene rings is 2. The number of amides is 1. The molecule has 0 aromatic heterocycles. The smallest absolute Gasteiger partial charge is 0.227 e. The van der Waals surface area contributed by atoms with Gasteiger partial charge in [-0.3, -0.25) is 4.79 Å². The van der Waals surface area contributed by atoms with Gasteiger partial charge in [-0.25, -0.2) is 8.42 Å². The largest absolute Gasteiger partial charge is 0.335 e. The molecule has 1 aliphatic heterocycles. The maximum atomic E-state index is 12.8. The highest BCUT2D eigenvalue weighted by Crippen LogP contribution is 2.22. The standard InChI is InChI=1S/C19H21NO3S/c1-2-11-20(17-10-12-24(22,23)14-17)19(21)13-16-8-5-7-15-6-3-4-9-18(15)16/h2-9,17H,1,10-14H2/t17-/m1/s1. The normalized spacial score (nSPS) is 19.2. The fourth-order valence-electron chi connectivity index (χ4n) is 3.33. The van der Waals surface area contributed by atoms with Crippen LogP contribution >= 0.6 is 0 Å².